The van der Waals surface area contributed by atoms with Crippen molar-refractivity contribution in [1.82, 2.24) is 5.32 Å². The molecule has 0 amide bonds. The monoisotopic (exact) mass is 303 g/mol. The third kappa shape index (κ3) is 5.50. The van der Waals surface area contributed by atoms with Gasteiger partial charge in [0.25, 0.3) is 0 Å². The van der Waals surface area contributed by atoms with Crippen LogP contribution in [0.1, 0.15) is 27.2 Å². The number of ether oxygens (including phenoxy) is 1. The van der Waals surface area contributed by atoms with Crippen LogP contribution in [0.15, 0.2) is 22.7 Å². The summed E-state index contributed by atoms with van der Waals surface area (Å²) in [6.07, 6.45) is 1.05. The summed E-state index contributed by atoms with van der Waals surface area (Å²) in [6, 6.07) is 4.55. The Hall–Kier alpha value is -0.610. The summed E-state index contributed by atoms with van der Waals surface area (Å²) in [7, 11) is 0. The van der Waals surface area contributed by atoms with Crippen molar-refractivity contribution in [1.29, 1.82) is 0 Å². The van der Waals surface area contributed by atoms with Crippen LogP contribution in [0.3, 0.4) is 0 Å². The first-order valence-corrected chi connectivity index (χ1v) is 6.56. The number of rotatable bonds is 6. The smallest absolute Gasteiger partial charge is 0.128 e. The van der Waals surface area contributed by atoms with Crippen molar-refractivity contribution in [3.05, 3.63) is 28.5 Å². The lowest BCUT2D eigenvalue weighted by Gasteiger charge is -2.24. The van der Waals surface area contributed by atoms with E-state index in [0.717, 1.165) is 13.0 Å². The molecule has 0 fully saturated rings. The molecule has 0 saturated carbocycles. The summed E-state index contributed by atoms with van der Waals surface area (Å²) in [4.78, 5) is 0. The molecule has 0 aliphatic carbocycles. The molecule has 2 nitrogen and oxygen atoms in total. The number of hydrogen-bond acceptors (Lipinski definition) is 2. The maximum Gasteiger partial charge on any atom is 0.128 e. The van der Waals surface area contributed by atoms with E-state index in [1.807, 2.05) is 0 Å². The number of nitrogens with one attached hydrogen (secondary N) is 1. The van der Waals surface area contributed by atoms with Crippen LogP contribution >= 0.6 is 15.9 Å². The summed E-state index contributed by atoms with van der Waals surface area (Å²) in [6.45, 7) is 7.70. The van der Waals surface area contributed by atoms with Crippen LogP contribution in [0.2, 0.25) is 0 Å². The van der Waals surface area contributed by atoms with E-state index in [1.165, 1.54) is 12.1 Å². The van der Waals surface area contributed by atoms with Gasteiger partial charge in [-0.3, -0.25) is 0 Å². The minimum Gasteiger partial charge on any atom is -0.492 e. The predicted octanol–water partition coefficient (Wildman–Crippen LogP) is 3.75. The molecule has 17 heavy (non-hydrogen) atoms. The Balaban J connectivity index is 2.36. The highest BCUT2D eigenvalue weighted by atomic mass is 79.9. The van der Waals surface area contributed by atoms with Gasteiger partial charge in [-0.1, -0.05) is 22.9 Å². The molecule has 4 heteroatoms. The van der Waals surface area contributed by atoms with Gasteiger partial charge < -0.3 is 10.1 Å². The van der Waals surface area contributed by atoms with Gasteiger partial charge in [-0.2, -0.15) is 0 Å². The second kappa shape index (κ2) is 6.36. The van der Waals surface area contributed by atoms with E-state index in [0.29, 0.717) is 16.8 Å². The molecular weight excluding hydrogens is 285 g/mol. The van der Waals surface area contributed by atoms with E-state index in [9.17, 15) is 4.39 Å². The summed E-state index contributed by atoms with van der Waals surface area (Å²) in [5.41, 5.74) is 0.117. The molecule has 0 aliphatic rings. The number of halogens is 2. The fraction of sp³-hybridized carbons (Fsp3) is 0.538. The third-order valence-electron chi connectivity index (χ3n) is 2.69. The van der Waals surface area contributed by atoms with Crippen molar-refractivity contribution >= 4 is 15.9 Å². The molecular formula is C13H19BrFNO. The van der Waals surface area contributed by atoms with Gasteiger partial charge in [-0.25, -0.2) is 4.39 Å². The van der Waals surface area contributed by atoms with Gasteiger partial charge in [0.05, 0.1) is 0 Å². The van der Waals surface area contributed by atoms with Crippen molar-refractivity contribution in [3.8, 4) is 5.75 Å². The molecule has 0 bridgehead atoms. The quantitative estimate of drug-likeness (QED) is 0.808. The Morgan fingerprint density at radius 1 is 1.35 bits per heavy atom. The van der Waals surface area contributed by atoms with Crippen molar-refractivity contribution < 1.29 is 9.13 Å². The number of hydrogen-bond donors (Lipinski definition) is 1. The minimum absolute atomic E-state index is 0.117. The summed E-state index contributed by atoms with van der Waals surface area (Å²) < 4.78 is 19.2. The van der Waals surface area contributed by atoms with Crippen molar-refractivity contribution in [2.75, 3.05) is 13.2 Å². The molecule has 1 aromatic rings. The van der Waals surface area contributed by atoms with Gasteiger partial charge >= 0.3 is 0 Å². The van der Waals surface area contributed by atoms with Crippen LogP contribution in [-0.4, -0.2) is 18.7 Å². The zero-order valence-electron chi connectivity index (χ0n) is 10.5. The molecule has 0 aromatic heterocycles. The molecule has 0 atom stereocenters. The van der Waals surface area contributed by atoms with Crippen LogP contribution in [0.5, 0.6) is 5.75 Å². The molecule has 0 heterocycles. The van der Waals surface area contributed by atoms with Crippen LogP contribution in [0, 0.1) is 5.82 Å². The second-order valence-electron chi connectivity index (χ2n) is 4.62. The van der Waals surface area contributed by atoms with Gasteiger partial charge in [0.2, 0.25) is 0 Å². The molecule has 1 rings (SSSR count). The molecule has 0 spiro atoms. The van der Waals surface area contributed by atoms with Gasteiger partial charge in [0.15, 0.2) is 0 Å². The normalized spacial score (nSPS) is 11.6. The lowest BCUT2D eigenvalue weighted by molar-refractivity contribution is 0.280. The van der Waals surface area contributed by atoms with Crippen molar-refractivity contribution in [3.63, 3.8) is 0 Å². The average molecular weight is 304 g/mol. The first kappa shape index (κ1) is 14.5. The Morgan fingerprint density at radius 2 is 2.06 bits per heavy atom. The predicted molar refractivity (Wildman–Crippen MR) is 72.0 cm³/mol. The Bertz CT molecular complexity index is 348. The van der Waals surface area contributed by atoms with E-state index in [1.54, 1.807) is 6.07 Å². The van der Waals surface area contributed by atoms with E-state index in [4.69, 9.17) is 4.74 Å². The van der Waals surface area contributed by atoms with E-state index < -0.39 is 0 Å². The molecule has 96 valence electrons. The van der Waals surface area contributed by atoms with Gasteiger partial charge in [-0.05, 0) is 32.4 Å². The van der Waals surface area contributed by atoms with Crippen LogP contribution in [-0.2, 0) is 0 Å². The van der Waals surface area contributed by atoms with E-state index >= 15 is 0 Å². The van der Waals surface area contributed by atoms with Crippen LogP contribution in [0.25, 0.3) is 0 Å². The van der Waals surface area contributed by atoms with Gasteiger partial charge in [0.1, 0.15) is 18.2 Å². The molecule has 0 saturated heterocycles. The highest BCUT2D eigenvalue weighted by Gasteiger charge is 2.12. The molecule has 0 unspecified atom stereocenters. The molecule has 1 aromatic carbocycles. The van der Waals surface area contributed by atoms with E-state index in [-0.39, 0.29) is 11.4 Å². The fourth-order valence-electron chi connectivity index (χ4n) is 1.30. The largest absolute Gasteiger partial charge is 0.492 e. The van der Waals surface area contributed by atoms with Gasteiger partial charge in [0, 0.05) is 22.6 Å². The average Bonchev–Trinajstić information content (AvgIpc) is 2.23. The lowest BCUT2D eigenvalue weighted by atomic mass is 10.0. The van der Waals surface area contributed by atoms with Gasteiger partial charge in [-0.15, -0.1) is 0 Å². The topological polar surface area (TPSA) is 21.3 Å². The van der Waals surface area contributed by atoms with Crippen molar-refractivity contribution in [2.24, 2.45) is 0 Å². The standard InChI is InChI=1S/C13H19BrFNO/c1-4-13(2,3)16-5-6-17-12-8-10(14)7-11(15)9-12/h7-9,16H,4-6H2,1-3H3. The summed E-state index contributed by atoms with van der Waals surface area (Å²) >= 11 is 3.23. The zero-order valence-corrected chi connectivity index (χ0v) is 12.1. The van der Waals surface area contributed by atoms with Crippen molar-refractivity contribution in [2.45, 2.75) is 32.7 Å². The number of benzene rings is 1. The highest BCUT2D eigenvalue weighted by molar-refractivity contribution is 9.10. The van der Waals surface area contributed by atoms with Crippen LogP contribution in [0.4, 0.5) is 4.39 Å². The maximum atomic E-state index is 13.1. The fourth-order valence-corrected chi connectivity index (χ4v) is 1.74. The summed E-state index contributed by atoms with van der Waals surface area (Å²) in [5, 5.41) is 3.38. The Labute approximate surface area is 111 Å². The Morgan fingerprint density at radius 3 is 2.65 bits per heavy atom. The Kier molecular flexibility index (Phi) is 5.40. The van der Waals surface area contributed by atoms with E-state index in [2.05, 4.69) is 42.0 Å². The molecule has 1 N–H and O–H groups in total. The SMILES string of the molecule is CCC(C)(C)NCCOc1cc(F)cc(Br)c1. The molecule has 0 radical (unpaired) electrons. The third-order valence-corrected chi connectivity index (χ3v) is 3.15. The first-order valence-electron chi connectivity index (χ1n) is 5.77. The maximum absolute atomic E-state index is 13.1. The first-order chi connectivity index (χ1) is 7.93. The second-order valence-corrected chi connectivity index (χ2v) is 5.53. The molecule has 0 aliphatic heterocycles. The lowest BCUT2D eigenvalue weighted by Crippen LogP contribution is -2.40. The highest BCUT2D eigenvalue weighted by Crippen LogP contribution is 2.20. The van der Waals surface area contributed by atoms with Crippen LogP contribution < -0.4 is 10.1 Å². The zero-order chi connectivity index (χ0) is 12.9. The minimum atomic E-state index is -0.295. The summed E-state index contributed by atoms with van der Waals surface area (Å²) in [5.74, 6) is 0.254.